The molecule has 1 saturated heterocycles. The molecule has 142 valence electrons. The van der Waals surface area contributed by atoms with Gasteiger partial charge in [0.25, 0.3) is 0 Å². The quantitative estimate of drug-likeness (QED) is 0.703. The minimum atomic E-state index is 0.0615. The number of halogens is 1. The van der Waals surface area contributed by atoms with Gasteiger partial charge in [0.1, 0.15) is 0 Å². The Kier molecular flexibility index (Phi) is 4.73. The van der Waals surface area contributed by atoms with E-state index >= 15 is 0 Å². The number of nitrogens with zero attached hydrogens (tertiary/aromatic N) is 1. The van der Waals surface area contributed by atoms with Crippen molar-refractivity contribution in [1.82, 2.24) is 10.2 Å². The van der Waals surface area contributed by atoms with Crippen molar-refractivity contribution >= 4 is 21.8 Å². The molecule has 1 N–H and O–H groups in total. The summed E-state index contributed by atoms with van der Waals surface area (Å²) in [4.78, 5) is 15.1. The van der Waals surface area contributed by atoms with Gasteiger partial charge in [0.05, 0.1) is 0 Å². The standard InChI is InChI=1S/C20H33BrN2O2/c1-23(2)20(3-5-25-6-4-20)14-22-17(24)12-18-8-15-7-16(9-18)11-19(21,10-15)13-18/h15-16H,3-14H2,1-2H3,(H,22,24)/t15-,16-,18?,19?/m1/s1. The van der Waals surface area contributed by atoms with Gasteiger partial charge in [-0.25, -0.2) is 0 Å². The lowest BCUT2D eigenvalue weighted by Gasteiger charge is -2.60. The van der Waals surface area contributed by atoms with Gasteiger partial charge in [-0.2, -0.15) is 0 Å². The highest BCUT2D eigenvalue weighted by molar-refractivity contribution is 9.10. The van der Waals surface area contributed by atoms with E-state index in [1.807, 2.05) is 0 Å². The molecule has 5 rings (SSSR count). The van der Waals surface area contributed by atoms with Gasteiger partial charge in [0.2, 0.25) is 5.91 Å². The summed E-state index contributed by atoms with van der Waals surface area (Å²) < 4.78 is 5.88. The fraction of sp³-hybridized carbons (Fsp3) is 0.950. The second kappa shape index (κ2) is 6.49. The van der Waals surface area contributed by atoms with Crippen molar-refractivity contribution < 1.29 is 9.53 Å². The lowest BCUT2D eigenvalue weighted by molar-refractivity contribution is -0.129. The van der Waals surface area contributed by atoms with Gasteiger partial charge in [-0.15, -0.1) is 0 Å². The van der Waals surface area contributed by atoms with Gasteiger partial charge in [0, 0.05) is 36.0 Å². The number of hydrogen-bond acceptors (Lipinski definition) is 3. The number of alkyl halides is 1. The van der Waals surface area contributed by atoms with Crippen molar-refractivity contribution in [3.63, 3.8) is 0 Å². The topological polar surface area (TPSA) is 41.6 Å². The molecule has 5 aliphatic rings. The number of rotatable bonds is 5. The number of carbonyl (C=O) groups excluding carboxylic acids is 1. The predicted octanol–water partition coefficient (Wildman–Crippen LogP) is 3.34. The van der Waals surface area contributed by atoms with Crippen LogP contribution in [0.1, 0.15) is 57.8 Å². The predicted molar refractivity (Wildman–Crippen MR) is 103 cm³/mol. The highest BCUT2D eigenvalue weighted by Gasteiger charge is 2.57. The number of carbonyl (C=O) groups is 1. The van der Waals surface area contributed by atoms with E-state index in [1.165, 1.54) is 38.5 Å². The van der Waals surface area contributed by atoms with E-state index in [1.54, 1.807) is 0 Å². The van der Waals surface area contributed by atoms with E-state index in [2.05, 4.69) is 40.2 Å². The monoisotopic (exact) mass is 412 g/mol. The molecular weight excluding hydrogens is 380 g/mol. The smallest absolute Gasteiger partial charge is 0.220 e. The maximum absolute atomic E-state index is 12.9. The minimum absolute atomic E-state index is 0.0615. The Bertz CT molecular complexity index is 516. The van der Waals surface area contributed by atoms with Crippen molar-refractivity contribution in [2.24, 2.45) is 17.3 Å². The summed E-state index contributed by atoms with van der Waals surface area (Å²) >= 11 is 4.06. The Hall–Kier alpha value is -0.130. The molecule has 0 radical (unpaired) electrons. The molecule has 1 amide bonds. The van der Waals surface area contributed by atoms with Gasteiger partial charge in [-0.1, -0.05) is 15.9 Å². The summed E-state index contributed by atoms with van der Waals surface area (Å²) in [6, 6.07) is 0. The van der Waals surface area contributed by atoms with Gasteiger partial charge < -0.3 is 15.0 Å². The zero-order valence-electron chi connectivity index (χ0n) is 15.8. The molecule has 5 heteroatoms. The first-order valence-electron chi connectivity index (χ1n) is 10.0. The van der Waals surface area contributed by atoms with Gasteiger partial charge >= 0.3 is 0 Å². The van der Waals surface area contributed by atoms with E-state index in [0.717, 1.165) is 50.9 Å². The molecule has 4 bridgehead atoms. The molecule has 2 atom stereocenters. The Balaban J connectivity index is 1.38. The van der Waals surface area contributed by atoms with E-state index in [-0.39, 0.29) is 16.9 Å². The lowest BCUT2D eigenvalue weighted by Crippen LogP contribution is -2.57. The summed E-state index contributed by atoms with van der Waals surface area (Å²) in [7, 11) is 4.26. The van der Waals surface area contributed by atoms with Gasteiger partial charge in [0.15, 0.2) is 0 Å². The van der Waals surface area contributed by atoms with Crippen LogP contribution in [0.2, 0.25) is 0 Å². The molecule has 25 heavy (non-hydrogen) atoms. The second-order valence-electron chi connectivity index (χ2n) is 9.80. The summed E-state index contributed by atoms with van der Waals surface area (Å²) in [5.74, 6) is 1.96. The van der Waals surface area contributed by atoms with Crippen molar-refractivity contribution in [3.05, 3.63) is 0 Å². The van der Waals surface area contributed by atoms with Crippen molar-refractivity contribution in [2.45, 2.75) is 67.7 Å². The SMILES string of the molecule is CN(C)C1(CNC(=O)CC23C[C@H]4C[C@@H](CC(Br)(C4)C2)C3)CCOCC1. The minimum Gasteiger partial charge on any atom is -0.381 e. The molecule has 0 aromatic rings. The maximum atomic E-state index is 12.9. The third-order valence-corrected chi connectivity index (χ3v) is 8.56. The largest absolute Gasteiger partial charge is 0.381 e. The number of ether oxygens (including phenoxy) is 1. The molecule has 4 saturated carbocycles. The van der Waals surface area contributed by atoms with Crippen molar-refractivity contribution in [3.8, 4) is 0 Å². The molecule has 0 unspecified atom stereocenters. The Morgan fingerprint density at radius 3 is 2.36 bits per heavy atom. The average Bonchev–Trinajstić information content (AvgIpc) is 2.51. The fourth-order valence-electron chi connectivity index (χ4n) is 6.74. The van der Waals surface area contributed by atoms with Crippen LogP contribution in [0.3, 0.4) is 0 Å². The third kappa shape index (κ3) is 3.53. The molecule has 1 heterocycles. The van der Waals surface area contributed by atoms with E-state index in [0.29, 0.717) is 4.32 Å². The number of nitrogens with one attached hydrogen (secondary N) is 1. The molecule has 4 aliphatic carbocycles. The van der Waals surface area contributed by atoms with Crippen LogP contribution >= 0.6 is 15.9 Å². The molecule has 0 spiro atoms. The van der Waals surface area contributed by atoms with Crippen LogP contribution in [0.15, 0.2) is 0 Å². The van der Waals surface area contributed by atoms with Crippen LogP contribution in [-0.4, -0.2) is 54.5 Å². The molecule has 1 aliphatic heterocycles. The number of amides is 1. The van der Waals surface area contributed by atoms with Crippen LogP contribution < -0.4 is 5.32 Å². The first kappa shape index (κ1) is 18.2. The normalized spacial score (nSPS) is 41.9. The lowest BCUT2D eigenvalue weighted by atomic mass is 9.48. The van der Waals surface area contributed by atoms with Gasteiger partial charge in [-0.3, -0.25) is 4.79 Å². The second-order valence-corrected chi connectivity index (χ2v) is 11.5. The number of likely N-dealkylation sites (N-methyl/N-ethyl adjacent to an activating group) is 1. The van der Waals surface area contributed by atoms with Crippen LogP contribution in [0, 0.1) is 17.3 Å². The summed E-state index contributed by atoms with van der Waals surface area (Å²) in [5, 5.41) is 3.31. The summed E-state index contributed by atoms with van der Waals surface area (Å²) in [5.41, 5.74) is 0.324. The zero-order valence-corrected chi connectivity index (χ0v) is 17.4. The first-order chi connectivity index (χ1) is 11.8. The van der Waals surface area contributed by atoms with E-state index < -0.39 is 0 Å². The molecule has 0 aromatic heterocycles. The fourth-order valence-corrected chi connectivity index (χ4v) is 8.25. The zero-order chi connectivity index (χ0) is 17.7. The van der Waals surface area contributed by atoms with Gasteiger partial charge in [-0.05, 0) is 82.7 Å². The molecule has 4 nitrogen and oxygen atoms in total. The molecule has 0 aromatic carbocycles. The van der Waals surface area contributed by atoms with Crippen LogP contribution in [-0.2, 0) is 9.53 Å². The van der Waals surface area contributed by atoms with Crippen molar-refractivity contribution in [2.75, 3.05) is 33.9 Å². The average molecular weight is 413 g/mol. The Morgan fingerprint density at radius 2 is 1.80 bits per heavy atom. The highest BCUT2D eigenvalue weighted by Crippen LogP contribution is 2.65. The van der Waals surface area contributed by atoms with Crippen LogP contribution in [0.5, 0.6) is 0 Å². The summed E-state index contributed by atoms with van der Waals surface area (Å²) in [6.07, 6.45) is 10.5. The highest BCUT2D eigenvalue weighted by atomic mass is 79.9. The maximum Gasteiger partial charge on any atom is 0.220 e. The van der Waals surface area contributed by atoms with Crippen molar-refractivity contribution in [1.29, 1.82) is 0 Å². The molecule has 5 fully saturated rings. The molecular formula is C20H33BrN2O2. The summed E-state index contributed by atoms with van der Waals surface area (Å²) in [6.45, 7) is 2.35. The Labute approximate surface area is 160 Å². The van der Waals surface area contributed by atoms with E-state index in [4.69, 9.17) is 4.74 Å². The third-order valence-electron chi connectivity index (χ3n) is 7.63. The van der Waals surface area contributed by atoms with E-state index in [9.17, 15) is 4.79 Å². The Morgan fingerprint density at radius 1 is 1.16 bits per heavy atom. The van der Waals surface area contributed by atoms with Crippen LogP contribution in [0.4, 0.5) is 0 Å². The van der Waals surface area contributed by atoms with Crippen LogP contribution in [0.25, 0.3) is 0 Å². The number of hydrogen-bond donors (Lipinski definition) is 1. The first-order valence-corrected chi connectivity index (χ1v) is 10.8.